The van der Waals surface area contributed by atoms with Crippen LogP contribution in [0.4, 0.5) is 0 Å². The predicted octanol–water partition coefficient (Wildman–Crippen LogP) is 2.27. The van der Waals surface area contributed by atoms with Crippen molar-refractivity contribution in [1.29, 1.82) is 0 Å². The van der Waals surface area contributed by atoms with Crippen molar-refractivity contribution < 1.29 is 9.90 Å². The molecule has 17 heavy (non-hydrogen) atoms. The van der Waals surface area contributed by atoms with Crippen molar-refractivity contribution in [2.24, 2.45) is 5.10 Å². The molecule has 4 nitrogen and oxygen atoms in total. The third kappa shape index (κ3) is 2.33. The third-order valence-electron chi connectivity index (χ3n) is 2.58. The first-order chi connectivity index (χ1) is 7.90. The number of carbonyl (C=O) groups excluding carboxylic acids is 1. The minimum absolute atomic E-state index is 0.352. The van der Waals surface area contributed by atoms with Crippen molar-refractivity contribution in [3.63, 3.8) is 0 Å². The zero-order valence-corrected chi connectivity index (χ0v) is 10.4. The topological polar surface area (TPSA) is 52.9 Å². The molecule has 0 bridgehead atoms. The highest BCUT2D eigenvalue weighted by Gasteiger charge is 2.39. The van der Waals surface area contributed by atoms with Gasteiger partial charge in [-0.15, -0.1) is 0 Å². The van der Waals surface area contributed by atoms with Gasteiger partial charge in [0.25, 0.3) is 5.91 Å². The molecule has 1 N–H and O–H groups in total. The van der Waals surface area contributed by atoms with Crippen LogP contribution in [-0.2, 0) is 0 Å². The average molecular weight is 253 g/mol. The van der Waals surface area contributed by atoms with Crippen molar-refractivity contribution in [3.8, 4) is 0 Å². The van der Waals surface area contributed by atoms with E-state index in [1.165, 1.54) is 0 Å². The summed E-state index contributed by atoms with van der Waals surface area (Å²) >= 11 is 5.83. The van der Waals surface area contributed by atoms with Gasteiger partial charge in [0.2, 0.25) is 0 Å². The quantitative estimate of drug-likeness (QED) is 0.834. The number of rotatable bonds is 1. The first-order valence-electron chi connectivity index (χ1n) is 5.27. The molecule has 0 saturated heterocycles. The van der Waals surface area contributed by atoms with E-state index in [1.54, 1.807) is 38.1 Å². The third-order valence-corrected chi connectivity index (χ3v) is 2.82. The Hall–Kier alpha value is -1.39. The Labute approximate surface area is 104 Å². The largest absolute Gasteiger partial charge is 0.369 e. The summed E-state index contributed by atoms with van der Waals surface area (Å²) in [6.07, 6.45) is 0.360. The van der Waals surface area contributed by atoms with E-state index in [-0.39, 0.29) is 5.91 Å². The standard InChI is InChI=1S/C12H13ClN2O2/c1-8-7-12(2,17)15(14-8)11(16)9-4-3-5-10(13)6-9/h3-6,17H,7H2,1-2H3/t12-/m0/s1. The number of hydrogen-bond donors (Lipinski definition) is 1. The van der Waals surface area contributed by atoms with Crippen molar-refractivity contribution in [3.05, 3.63) is 34.9 Å². The number of hydrazone groups is 1. The number of nitrogens with zero attached hydrogens (tertiary/aromatic N) is 2. The van der Waals surface area contributed by atoms with Crippen molar-refractivity contribution >= 4 is 23.2 Å². The Balaban J connectivity index is 2.32. The Morgan fingerprint density at radius 3 is 2.82 bits per heavy atom. The van der Waals surface area contributed by atoms with Crippen LogP contribution in [0.5, 0.6) is 0 Å². The lowest BCUT2D eigenvalue weighted by atomic mass is 10.1. The van der Waals surface area contributed by atoms with E-state index in [9.17, 15) is 9.90 Å². The molecule has 5 heteroatoms. The fourth-order valence-electron chi connectivity index (χ4n) is 1.88. The van der Waals surface area contributed by atoms with Crippen molar-refractivity contribution in [2.75, 3.05) is 0 Å². The Kier molecular flexibility index (Phi) is 2.93. The minimum atomic E-state index is -1.26. The number of halogens is 1. The van der Waals surface area contributed by atoms with Gasteiger partial charge in [0.15, 0.2) is 5.72 Å². The van der Waals surface area contributed by atoms with Crippen LogP contribution in [0.3, 0.4) is 0 Å². The molecule has 2 rings (SSSR count). The summed E-state index contributed by atoms with van der Waals surface area (Å²) < 4.78 is 0. The number of carbonyl (C=O) groups is 1. The van der Waals surface area contributed by atoms with Gasteiger partial charge in [-0.25, -0.2) is 0 Å². The summed E-state index contributed by atoms with van der Waals surface area (Å²) in [4.78, 5) is 12.2. The molecular weight excluding hydrogens is 240 g/mol. The van der Waals surface area contributed by atoms with Crippen LogP contribution in [-0.4, -0.2) is 27.5 Å². The lowest BCUT2D eigenvalue weighted by Crippen LogP contribution is -2.43. The maximum absolute atomic E-state index is 12.2. The van der Waals surface area contributed by atoms with Gasteiger partial charge in [0.1, 0.15) is 0 Å². The molecule has 0 radical (unpaired) electrons. The minimum Gasteiger partial charge on any atom is -0.369 e. The van der Waals surface area contributed by atoms with Crippen LogP contribution in [0.1, 0.15) is 30.6 Å². The van der Waals surface area contributed by atoms with Crippen LogP contribution in [0.2, 0.25) is 5.02 Å². The number of amides is 1. The van der Waals surface area contributed by atoms with Crippen LogP contribution in [0.15, 0.2) is 29.4 Å². The fraction of sp³-hybridized carbons (Fsp3) is 0.333. The van der Waals surface area contributed by atoms with Crippen LogP contribution < -0.4 is 0 Å². The summed E-state index contributed by atoms with van der Waals surface area (Å²) in [5.41, 5.74) is -0.120. The lowest BCUT2D eigenvalue weighted by Gasteiger charge is -2.26. The van der Waals surface area contributed by atoms with Crippen molar-refractivity contribution in [2.45, 2.75) is 26.0 Å². The highest BCUT2D eigenvalue weighted by molar-refractivity contribution is 6.31. The molecule has 90 valence electrons. The maximum Gasteiger partial charge on any atom is 0.276 e. The molecule has 1 aromatic carbocycles. The molecular formula is C12H13ClN2O2. The van der Waals surface area contributed by atoms with Gasteiger partial charge in [-0.3, -0.25) is 4.79 Å². The molecule has 0 unspecified atom stereocenters. The van der Waals surface area contributed by atoms with Crippen LogP contribution in [0.25, 0.3) is 0 Å². The van der Waals surface area contributed by atoms with E-state index in [0.717, 1.165) is 10.7 Å². The molecule has 0 saturated carbocycles. The molecule has 1 amide bonds. The number of benzene rings is 1. The van der Waals surface area contributed by atoms with Gasteiger partial charge in [-0.05, 0) is 32.0 Å². The Morgan fingerprint density at radius 1 is 1.59 bits per heavy atom. The first-order valence-corrected chi connectivity index (χ1v) is 5.64. The van der Waals surface area contributed by atoms with Crippen molar-refractivity contribution in [1.82, 2.24) is 5.01 Å². The van der Waals surface area contributed by atoms with E-state index in [0.29, 0.717) is 17.0 Å². The second-order valence-electron chi connectivity index (χ2n) is 4.36. The zero-order chi connectivity index (χ0) is 12.6. The van der Waals surface area contributed by atoms with Crippen LogP contribution in [0, 0.1) is 0 Å². The average Bonchev–Trinajstić information content (AvgIpc) is 2.51. The molecule has 1 aromatic rings. The van der Waals surface area contributed by atoms with Gasteiger partial charge < -0.3 is 5.11 Å². The molecule has 0 aliphatic carbocycles. The highest BCUT2D eigenvalue weighted by atomic mass is 35.5. The second-order valence-corrected chi connectivity index (χ2v) is 4.79. The SMILES string of the molecule is CC1=NN(C(=O)c2cccc(Cl)c2)[C@@](C)(O)C1. The summed E-state index contributed by atoms with van der Waals surface area (Å²) in [6.45, 7) is 3.34. The molecule has 1 aliphatic rings. The normalized spacial score (nSPS) is 23.8. The molecule has 0 spiro atoms. The first kappa shape index (κ1) is 12.1. The smallest absolute Gasteiger partial charge is 0.276 e. The summed E-state index contributed by atoms with van der Waals surface area (Å²) in [6, 6.07) is 6.59. The molecule has 1 heterocycles. The zero-order valence-electron chi connectivity index (χ0n) is 9.64. The lowest BCUT2D eigenvalue weighted by molar-refractivity contribution is -0.0553. The van der Waals surface area contributed by atoms with Gasteiger partial charge in [-0.2, -0.15) is 10.1 Å². The van der Waals surface area contributed by atoms with E-state index in [2.05, 4.69) is 5.10 Å². The summed E-state index contributed by atoms with van der Waals surface area (Å²) in [7, 11) is 0. The van der Waals surface area contributed by atoms with Gasteiger partial charge in [0, 0.05) is 22.7 Å². The predicted molar refractivity (Wildman–Crippen MR) is 66.0 cm³/mol. The number of hydrogen-bond acceptors (Lipinski definition) is 3. The van der Waals surface area contributed by atoms with Gasteiger partial charge >= 0.3 is 0 Å². The highest BCUT2D eigenvalue weighted by Crippen LogP contribution is 2.26. The molecule has 0 fully saturated rings. The molecule has 1 aliphatic heterocycles. The van der Waals surface area contributed by atoms with E-state index < -0.39 is 5.72 Å². The van der Waals surface area contributed by atoms with Gasteiger partial charge in [-0.1, -0.05) is 17.7 Å². The fourth-order valence-corrected chi connectivity index (χ4v) is 2.07. The summed E-state index contributed by atoms with van der Waals surface area (Å²) in [5, 5.41) is 15.7. The van der Waals surface area contributed by atoms with E-state index in [4.69, 9.17) is 11.6 Å². The second kappa shape index (κ2) is 4.13. The number of aliphatic hydroxyl groups is 1. The molecule has 1 atom stereocenters. The Bertz CT molecular complexity index is 497. The summed E-state index contributed by atoms with van der Waals surface area (Å²) in [5.74, 6) is -0.352. The Morgan fingerprint density at radius 2 is 2.29 bits per heavy atom. The van der Waals surface area contributed by atoms with E-state index in [1.807, 2.05) is 0 Å². The maximum atomic E-state index is 12.2. The van der Waals surface area contributed by atoms with E-state index >= 15 is 0 Å². The van der Waals surface area contributed by atoms with Gasteiger partial charge in [0.05, 0.1) is 0 Å². The van der Waals surface area contributed by atoms with Crippen LogP contribution >= 0.6 is 11.6 Å². The molecule has 0 aromatic heterocycles. The monoisotopic (exact) mass is 252 g/mol.